The molecule has 6 nitrogen and oxygen atoms in total. The Bertz CT molecular complexity index is 501. The first kappa shape index (κ1) is 11.5. The number of aromatic nitrogens is 5. The molecule has 0 atom stereocenters. The molecule has 1 N–H and O–H groups in total. The summed E-state index contributed by atoms with van der Waals surface area (Å²) in [5, 5.41) is 3.46. The number of hydrogen-bond donors (Lipinski definition) is 1. The van der Waals surface area contributed by atoms with Gasteiger partial charge < -0.3 is 5.32 Å². The molecule has 0 aromatic carbocycles. The monoisotopic (exact) mass is 274 g/mol. The van der Waals surface area contributed by atoms with Gasteiger partial charge in [0, 0.05) is 7.05 Å². The molecule has 84 valence electrons. The maximum atomic E-state index is 5.75. The average molecular weight is 275 g/mol. The van der Waals surface area contributed by atoms with Gasteiger partial charge in [-0.2, -0.15) is 19.3 Å². The molecular weight excluding hydrogens is 268 g/mol. The molecule has 0 aliphatic rings. The minimum absolute atomic E-state index is 0.156. The van der Waals surface area contributed by atoms with Crippen LogP contribution in [0.3, 0.4) is 0 Å². The van der Waals surface area contributed by atoms with E-state index in [0.29, 0.717) is 11.1 Å². The molecule has 0 radical (unpaired) electrons. The summed E-state index contributed by atoms with van der Waals surface area (Å²) in [5.41, 5.74) is 0. The van der Waals surface area contributed by atoms with Crippen LogP contribution in [-0.4, -0.2) is 31.4 Å². The van der Waals surface area contributed by atoms with Crippen LogP contribution in [0.15, 0.2) is 9.50 Å². The van der Waals surface area contributed by atoms with Gasteiger partial charge in [0.05, 0.1) is 0 Å². The van der Waals surface area contributed by atoms with E-state index in [1.807, 2.05) is 6.92 Å². The molecule has 2 heterocycles. The summed E-state index contributed by atoms with van der Waals surface area (Å²) in [4.78, 5) is 16.2. The lowest BCUT2D eigenvalue weighted by Crippen LogP contribution is -1.99. The first-order valence-electron chi connectivity index (χ1n) is 4.25. The standard InChI is InChI=1S/C7H7ClN6S2/c1-3-10-7(16-14-3)15-6-12-4(8)11-5(9-2)13-6/h1-2H3,(H,9,11,12,13). The molecule has 0 aliphatic carbocycles. The molecule has 0 amide bonds. The number of hydrogen-bond acceptors (Lipinski definition) is 8. The van der Waals surface area contributed by atoms with Crippen molar-refractivity contribution < 1.29 is 0 Å². The highest BCUT2D eigenvalue weighted by Gasteiger charge is 2.08. The summed E-state index contributed by atoms with van der Waals surface area (Å²) in [6, 6.07) is 0. The van der Waals surface area contributed by atoms with E-state index in [9.17, 15) is 0 Å². The van der Waals surface area contributed by atoms with Gasteiger partial charge in [0.2, 0.25) is 16.4 Å². The van der Waals surface area contributed by atoms with Gasteiger partial charge in [0.25, 0.3) is 0 Å². The Morgan fingerprint density at radius 2 is 2.06 bits per heavy atom. The minimum Gasteiger partial charge on any atom is -0.357 e. The van der Waals surface area contributed by atoms with Gasteiger partial charge in [-0.25, -0.2) is 4.98 Å². The fraction of sp³-hybridized carbons (Fsp3) is 0.286. The largest absolute Gasteiger partial charge is 0.357 e. The summed E-state index contributed by atoms with van der Waals surface area (Å²) >= 11 is 8.36. The van der Waals surface area contributed by atoms with Gasteiger partial charge in [0.15, 0.2) is 4.34 Å². The molecule has 0 unspecified atom stereocenters. The van der Waals surface area contributed by atoms with E-state index in [-0.39, 0.29) is 5.28 Å². The molecule has 16 heavy (non-hydrogen) atoms. The quantitative estimate of drug-likeness (QED) is 0.915. The molecule has 0 aliphatic heterocycles. The predicted octanol–water partition coefficient (Wildman–Crippen LogP) is 1.88. The van der Waals surface area contributed by atoms with Crippen LogP contribution in [0.2, 0.25) is 5.28 Å². The molecule has 0 saturated heterocycles. The zero-order valence-corrected chi connectivity index (χ0v) is 10.8. The number of rotatable bonds is 3. The summed E-state index contributed by atoms with van der Waals surface area (Å²) < 4.78 is 4.85. The van der Waals surface area contributed by atoms with Crippen LogP contribution in [-0.2, 0) is 0 Å². The first-order valence-corrected chi connectivity index (χ1v) is 6.21. The highest BCUT2D eigenvalue weighted by Crippen LogP contribution is 2.26. The summed E-state index contributed by atoms with van der Waals surface area (Å²) in [5.74, 6) is 1.17. The maximum Gasteiger partial charge on any atom is 0.228 e. The molecule has 0 bridgehead atoms. The molecule has 0 spiro atoms. The third-order valence-electron chi connectivity index (χ3n) is 1.50. The van der Waals surface area contributed by atoms with Crippen LogP contribution in [0.4, 0.5) is 5.95 Å². The van der Waals surface area contributed by atoms with Crippen molar-refractivity contribution in [3.63, 3.8) is 0 Å². The Hall–Kier alpha value is -0.990. The van der Waals surface area contributed by atoms with Crippen LogP contribution < -0.4 is 5.32 Å². The van der Waals surface area contributed by atoms with E-state index in [1.54, 1.807) is 7.05 Å². The molecule has 0 fully saturated rings. The second-order valence-corrected chi connectivity index (χ2v) is 4.97. The van der Waals surface area contributed by atoms with Crippen molar-refractivity contribution in [1.82, 2.24) is 24.3 Å². The van der Waals surface area contributed by atoms with E-state index in [0.717, 1.165) is 10.2 Å². The van der Waals surface area contributed by atoms with Crippen molar-refractivity contribution in [3.8, 4) is 0 Å². The summed E-state index contributed by atoms with van der Waals surface area (Å²) in [6.07, 6.45) is 0. The Kier molecular flexibility index (Phi) is 3.52. The van der Waals surface area contributed by atoms with Crippen LogP contribution in [0.25, 0.3) is 0 Å². The lowest BCUT2D eigenvalue weighted by molar-refractivity contribution is 0.907. The van der Waals surface area contributed by atoms with Gasteiger partial charge in [-0.15, -0.1) is 0 Å². The lowest BCUT2D eigenvalue weighted by atomic mass is 10.8. The van der Waals surface area contributed by atoms with E-state index < -0.39 is 0 Å². The Morgan fingerprint density at radius 3 is 2.69 bits per heavy atom. The SMILES string of the molecule is CNc1nc(Cl)nc(Sc2nc(C)ns2)n1. The molecule has 2 rings (SSSR count). The van der Waals surface area contributed by atoms with Gasteiger partial charge in [-0.1, -0.05) is 0 Å². The molecular formula is C7H7ClN6S2. The zero-order valence-electron chi connectivity index (χ0n) is 8.43. The van der Waals surface area contributed by atoms with Gasteiger partial charge in [-0.05, 0) is 41.8 Å². The molecule has 2 aromatic heterocycles. The third-order valence-corrected chi connectivity index (χ3v) is 3.38. The summed E-state index contributed by atoms with van der Waals surface area (Å²) in [7, 11) is 1.72. The average Bonchev–Trinajstić information content (AvgIpc) is 2.63. The third kappa shape index (κ3) is 2.77. The number of anilines is 1. The van der Waals surface area contributed by atoms with Gasteiger partial charge >= 0.3 is 0 Å². The van der Waals surface area contributed by atoms with Crippen molar-refractivity contribution in [1.29, 1.82) is 0 Å². The topological polar surface area (TPSA) is 76.5 Å². The molecule has 0 saturated carbocycles. The van der Waals surface area contributed by atoms with E-state index >= 15 is 0 Å². The molecule has 2 aromatic rings. The van der Waals surface area contributed by atoms with Crippen LogP contribution >= 0.6 is 34.9 Å². The predicted molar refractivity (Wildman–Crippen MR) is 63.2 cm³/mol. The Balaban J connectivity index is 2.24. The number of nitrogens with one attached hydrogen (secondary N) is 1. The fourth-order valence-electron chi connectivity index (χ4n) is 0.887. The first-order chi connectivity index (χ1) is 7.67. The Labute approximate surface area is 105 Å². The van der Waals surface area contributed by atoms with Crippen molar-refractivity contribution in [2.24, 2.45) is 0 Å². The number of halogens is 1. The number of nitrogens with zero attached hydrogens (tertiary/aromatic N) is 5. The molecule has 9 heteroatoms. The second-order valence-electron chi connectivity index (χ2n) is 2.67. The van der Waals surface area contributed by atoms with Gasteiger partial charge in [-0.3, -0.25) is 0 Å². The highest BCUT2D eigenvalue weighted by molar-refractivity contribution is 8.00. The zero-order chi connectivity index (χ0) is 11.5. The maximum absolute atomic E-state index is 5.75. The van der Waals surface area contributed by atoms with Crippen LogP contribution in [0.5, 0.6) is 0 Å². The lowest BCUT2D eigenvalue weighted by Gasteiger charge is -2.00. The van der Waals surface area contributed by atoms with E-state index in [2.05, 4.69) is 29.6 Å². The van der Waals surface area contributed by atoms with E-state index in [1.165, 1.54) is 23.3 Å². The summed E-state index contributed by atoms with van der Waals surface area (Å²) in [6.45, 7) is 1.83. The van der Waals surface area contributed by atoms with Crippen molar-refractivity contribution in [3.05, 3.63) is 11.1 Å². The Morgan fingerprint density at radius 1 is 1.25 bits per heavy atom. The minimum atomic E-state index is 0.156. The van der Waals surface area contributed by atoms with Crippen molar-refractivity contribution >= 4 is 40.8 Å². The highest BCUT2D eigenvalue weighted by atomic mass is 35.5. The fourth-order valence-corrected chi connectivity index (χ4v) is 2.60. The smallest absolute Gasteiger partial charge is 0.228 e. The number of aryl methyl sites for hydroxylation is 1. The normalized spacial score (nSPS) is 10.4. The van der Waals surface area contributed by atoms with Crippen molar-refractivity contribution in [2.45, 2.75) is 16.4 Å². The van der Waals surface area contributed by atoms with Gasteiger partial charge in [0.1, 0.15) is 5.82 Å². The van der Waals surface area contributed by atoms with Crippen LogP contribution in [0.1, 0.15) is 5.82 Å². The second kappa shape index (κ2) is 4.89. The van der Waals surface area contributed by atoms with Crippen molar-refractivity contribution in [2.75, 3.05) is 12.4 Å². The van der Waals surface area contributed by atoms with Crippen LogP contribution in [0, 0.1) is 6.92 Å². The van der Waals surface area contributed by atoms with E-state index in [4.69, 9.17) is 11.6 Å².